The van der Waals surface area contributed by atoms with E-state index in [1.807, 2.05) is 0 Å². The van der Waals surface area contributed by atoms with Gasteiger partial charge in [0.25, 0.3) is 0 Å². The Balaban J connectivity index is 0.000000605. The Morgan fingerprint density at radius 1 is 0.818 bits per heavy atom. The third-order valence-electron chi connectivity index (χ3n) is 2.98. The second-order valence-corrected chi connectivity index (χ2v) is 3.68. The summed E-state index contributed by atoms with van der Waals surface area (Å²) in [6.45, 7) is 2.79. The third kappa shape index (κ3) is 2.24. The van der Waals surface area contributed by atoms with Gasteiger partial charge in [-0.3, -0.25) is 0 Å². The first-order valence-corrected chi connectivity index (χ1v) is 4.71. The van der Waals surface area contributed by atoms with Gasteiger partial charge in [-0.05, 0) is 38.8 Å². The van der Waals surface area contributed by atoms with Crippen LogP contribution in [0.15, 0.2) is 0 Å². The summed E-state index contributed by atoms with van der Waals surface area (Å²) >= 11 is 0. The van der Waals surface area contributed by atoms with Gasteiger partial charge >= 0.3 is 0 Å². The molecular formula is C9H17NV. The molecule has 0 bridgehead atoms. The van der Waals surface area contributed by atoms with Gasteiger partial charge in [0, 0.05) is 24.6 Å². The Labute approximate surface area is 81.4 Å². The van der Waals surface area contributed by atoms with Gasteiger partial charge in [-0.1, -0.05) is 12.8 Å². The van der Waals surface area contributed by atoms with Crippen LogP contribution in [0.25, 0.3) is 0 Å². The van der Waals surface area contributed by atoms with Gasteiger partial charge in [-0.2, -0.15) is 0 Å². The van der Waals surface area contributed by atoms with Crippen LogP contribution in [-0.2, 0) is 18.6 Å². The first-order valence-electron chi connectivity index (χ1n) is 4.71. The van der Waals surface area contributed by atoms with Gasteiger partial charge in [0.15, 0.2) is 0 Å². The van der Waals surface area contributed by atoms with E-state index in [9.17, 15) is 0 Å². The Bertz CT molecular complexity index is 90.1. The first kappa shape index (κ1) is 9.63. The maximum absolute atomic E-state index is 2.70. The van der Waals surface area contributed by atoms with Crippen molar-refractivity contribution >= 4 is 0 Å². The van der Waals surface area contributed by atoms with E-state index in [-0.39, 0.29) is 18.6 Å². The number of piperidine rings is 2. The predicted molar refractivity (Wildman–Crippen MR) is 43.1 cm³/mol. The predicted octanol–water partition coefficient (Wildman–Crippen LogP) is 2.02. The van der Waals surface area contributed by atoms with Crippen LogP contribution in [0.1, 0.15) is 38.5 Å². The van der Waals surface area contributed by atoms with E-state index in [2.05, 4.69) is 4.90 Å². The summed E-state index contributed by atoms with van der Waals surface area (Å²) in [4.78, 5) is 2.70. The second kappa shape index (κ2) is 4.54. The van der Waals surface area contributed by atoms with Crippen LogP contribution in [0, 0.1) is 0 Å². The molecule has 2 saturated heterocycles. The zero-order valence-electron chi connectivity index (χ0n) is 7.13. The molecule has 2 aliphatic heterocycles. The Morgan fingerprint density at radius 3 is 1.82 bits per heavy atom. The van der Waals surface area contributed by atoms with E-state index in [4.69, 9.17) is 0 Å². The van der Waals surface area contributed by atoms with Crippen LogP contribution in [-0.4, -0.2) is 24.0 Å². The van der Waals surface area contributed by atoms with Gasteiger partial charge in [-0.25, -0.2) is 0 Å². The smallest absolute Gasteiger partial charge is 0.00952 e. The summed E-state index contributed by atoms with van der Waals surface area (Å²) in [6.07, 6.45) is 8.86. The molecule has 0 amide bonds. The molecule has 11 heavy (non-hydrogen) atoms. The van der Waals surface area contributed by atoms with Crippen LogP contribution < -0.4 is 0 Å². The molecule has 0 aromatic rings. The standard InChI is InChI=1S/C9H17N.V/c1-3-7-10-8-4-2-6-9(10)5-1;/h9H,1-8H2;. The molecule has 2 rings (SSSR count). The summed E-state index contributed by atoms with van der Waals surface area (Å²) in [5, 5.41) is 0. The van der Waals surface area contributed by atoms with E-state index < -0.39 is 0 Å². The van der Waals surface area contributed by atoms with Crippen molar-refractivity contribution in [2.24, 2.45) is 0 Å². The topological polar surface area (TPSA) is 3.24 Å². The minimum atomic E-state index is 0. The van der Waals surface area contributed by atoms with Crippen molar-refractivity contribution in [2.75, 3.05) is 13.1 Å². The normalized spacial score (nSPS) is 27.3. The number of hydrogen-bond acceptors (Lipinski definition) is 1. The molecule has 0 aliphatic carbocycles. The molecule has 0 N–H and O–H groups in total. The molecule has 0 saturated carbocycles. The van der Waals surface area contributed by atoms with Crippen molar-refractivity contribution in [1.29, 1.82) is 0 Å². The van der Waals surface area contributed by atoms with E-state index in [1.54, 1.807) is 0 Å². The van der Waals surface area contributed by atoms with Crippen molar-refractivity contribution in [2.45, 2.75) is 44.6 Å². The van der Waals surface area contributed by atoms with E-state index >= 15 is 0 Å². The average Bonchev–Trinajstić information content (AvgIpc) is 2.05. The fourth-order valence-corrected chi connectivity index (χ4v) is 2.38. The van der Waals surface area contributed by atoms with Gasteiger partial charge < -0.3 is 4.90 Å². The molecule has 0 unspecified atom stereocenters. The minimum absolute atomic E-state index is 0. The van der Waals surface area contributed by atoms with Crippen molar-refractivity contribution < 1.29 is 18.6 Å². The number of hydrogen-bond donors (Lipinski definition) is 0. The molecule has 2 heterocycles. The summed E-state index contributed by atoms with van der Waals surface area (Å²) in [7, 11) is 0. The van der Waals surface area contributed by atoms with Crippen LogP contribution in [0.2, 0.25) is 0 Å². The SMILES string of the molecule is C1CCN2CCCCC2C1.[V]. The van der Waals surface area contributed by atoms with Gasteiger partial charge in [0.2, 0.25) is 0 Å². The summed E-state index contributed by atoms with van der Waals surface area (Å²) in [5.41, 5.74) is 0. The second-order valence-electron chi connectivity index (χ2n) is 3.68. The number of nitrogens with zero attached hydrogens (tertiary/aromatic N) is 1. The Hall–Kier alpha value is 0.544. The van der Waals surface area contributed by atoms with Gasteiger partial charge in [-0.15, -0.1) is 0 Å². The fourth-order valence-electron chi connectivity index (χ4n) is 2.38. The number of rotatable bonds is 0. The maximum Gasteiger partial charge on any atom is 0.00952 e. The zero-order chi connectivity index (χ0) is 6.81. The van der Waals surface area contributed by atoms with Crippen molar-refractivity contribution in [3.63, 3.8) is 0 Å². The molecule has 2 aliphatic rings. The van der Waals surface area contributed by atoms with Crippen LogP contribution >= 0.6 is 0 Å². The Kier molecular flexibility index (Phi) is 3.98. The minimum Gasteiger partial charge on any atom is -0.300 e. The van der Waals surface area contributed by atoms with E-state index in [0.717, 1.165) is 6.04 Å². The molecule has 0 aromatic carbocycles. The fraction of sp³-hybridized carbons (Fsp3) is 1.00. The molecule has 1 nitrogen and oxygen atoms in total. The molecule has 0 spiro atoms. The molecule has 63 valence electrons. The first-order chi connectivity index (χ1) is 4.97. The summed E-state index contributed by atoms with van der Waals surface area (Å²) < 4.78 is 0. The molecule has 0 aromatic heterocycles. The summed E-state index contributed by atoms with van der Waals surface area (Å²) in [5.74, 6) is 0. The summed E-state index contributed by atoms with van der Waals surface area (Å²) in [6, 6.07) is 0.988. The molecule has 1 radical (unpaired) electrons. The number of fused-ring (bicyclic) bond motifs is 1. The van der Waals surface area contributed by atoms with Crippen LogP contribution in [0.4, 0.5) is 0 Å². The molecular weight excluding hydrogens is 173 g/mol. The third-order valence-corrected chi connectivity index (χ3v) is 2.98. The molecule has 0 atom stereocenters. The average molecular weight is 190 g/mol. The van der Waals surface area contributed by atoms with Crippen LogP contribution in [0.3, 0.4) is 0 Å². The monoisotopic (exact) mass is 190 g/mol. The largest absolute Gasteiger partial charge is 0.300 e. The van der Waals surface area contributed by atoms with Gasteiger partial charge in [0.1, 0.15) is 0 Å². The zero-order valence-corrected chi connectivity index (χ0v) is 8.53. The maximum atomic E-state index is 2.70. The van der Waals surface area contributed by atoms with E-state index in [1.165, 1.54) is 51.6 Å². The van der Waals surface area contributed by atoms with Crippen molar-refractivity contribution in [1.82, 2.24) is 4.90 Å². The molecule has 2 fully saturated rings. The Morgan fingerprint density at radius 2 is 1.36 bits per heavy atom. The van der Waals surface area contributed by atoms with Crippen molar-refractivity contribution in [3.8, 4) is 0 Å². The molecule has 2 heteroatoms. The quantitative estimate of drug-likeness (QED) is 0.565. The van der Waals surface area contributed by atoms with Crippen LogP contribution in [0.5, 0.6) is 0 Å². The van der Waals surface area contributed by atoms with E-state index in [0.29, 0.717) is 0 Å². The van der Waals surface area contributed by atoms with Gasteiger partial charge in [0.05, 0.1) is 0 Å². The van der Waals surface area contributed by atoms with Crippen molar-refractivity contribution in [3.05, 3.63) is 0 Å².